The fraction of sp³-hybridized carbons (Fsp3) is 0.267. The Balaban J connectivity index is 0.000000550. The number of hydrogen-bond acceptors (Lipinski definition) is 5. The lowest BCUT2D eigenvalue weighted by Crippen LogP contribution is -2.36. The highest BCUT2D eigenvalue weighted by Crippen LogP contribution is 2.33. The van der Waals surface area contributed by atoms with Gasteiger partial charge in [-0.15, -0.1) is 12.8 Å². The summed E-state index contributed by atoms with van der Waals surface area (Å²) in [6, 6.07) is 19.6. The number of pyridine rings is 1. The zero-order valence-electron chi connectivity index (χ0n) is 20.9. The molecular weight excluding hydrogens is 448 g/mol. The van der Waals surface area contributed by atoms with E-state index in [1.165, 1.54) is 18.5 Å². The number of aromatic nitrogens is 2. The second-order valence-corrected chi connectivity index (χ2v) is 8.29. The first kappa shape index (κ1) is 26.3. The van der Waals surface area contributed by atoms with E-state index in [0.717, 1.165) is 59.7 Å². The van der Waals surface area contributed by atoms with Gasteiger partial charge in [0.2, 0.25) is 0 Å². The number of phenolic OH excluding ortho intramolecular Hbond substituents is 1. The smallest absolute Gasteiger partial charge is 0.138 e. The molecule has 1 aliphatic heterocycles. The number of nitrogens with one attached hydrogen (secondary N) is 1. The number of aromatic hydroxyl groups is 1. The van der Waals surface area contributed by atoms with Crippen LogP contribution in [-0.2, 0) is 4.74 Å². The maximum Gasteiger partial charge on any atom is 0.138 e. The second kappa shape index (κ2) is 13.0. The standard InChI is InChI=1S/C24H20N4O2.C4H10.C2H2/c25-15-18-13-17(3-6-23(18)29)20-7-8-26-24-21(20)14-22(27-24)16-1-4-19(5-2-16)28-9-11-30-12-10-28;1-3-4-2;1-2/h1-8,13-14,29H,9-12H2,(H,26,27);3-4H2,1-2H3;1-2H. The molecular formula is C30H32N4O2. The Bertz CT molecular complexity index is 1320. The number of H-pyrrole nitrogens is 1. The van der Waals surface area contributed by atoms with Crippen molar-refractivity contribution in [3.8, 4) is 47.0 Å². The number of nitriles is 1. The van der Waals surface area contributed by atoms with Crippen molar-refractivity contribution in [1.82, 2.24) is 9.97 Å². The number of phenols is 1. The van der Waals surface area contributed by atoms with Crippen LogP contribution in [0.1, 0.15) is 32.3 Å². The van der Waals surface area contributed by atoms with E-state index in [0.29, 0.717) is 0 Å². The molecule has 5 rings (SSSR count). The predicted octanol–water partition coefficient (Wildman–Crippen LogP) is 6.37. The molecule has 2 N–H and O–H groups in total. The molecule has 2 aromatic carbocycles. The molecule has 184 valence electrons. The number of morpholine rings is 1. The fourth-order valence-electron chi connectivity index (χ4n) is 3.90. The number of terminal acetylenes is 1. The molecule has 6 heteroatoms. The van der Waals surface area contributed by atoms with Crippen LogP contribution in [0.3, 0.4) is 0 Å². The first-order chi connectivity index (χ1) is 17.6. The molecule has 0 unspecified atom stereocenters. The van der Waals surface area contributed by atoms with Gasteiger partial charge in [0.25, 0.3) is 0 Å². The SMILES string of the molecule is C#C.CCCC.N#Cc1cc(-c2ccnc3[nH]c(-c4ccc(N5CCOCC5)cc4)cc23)ccc1O. The van der Waals surface area contributed by atoms with E-state index in [-0.39, 0.29) is 11.3 Å². The van der Waals surface area contributed by atoms with Crippen molar-refractivity contribution in [2.24, 2.45) is 0 Å². The average Bonchev–Trinajstić information content (AvgIpc) is 3.40. The highest BCUT2D eigenvalue weighted by molar-refractivity contribution is 5.96. The van der Waals surface area contributed by atoms with Crippen molar-refractivity contribution in [2.45, 2.75) is 26.7 Å². The molecule has 2 aromatic heterocycles. The molecule has 0 bridgehead atoms. The predicted molar refractivity (Wildman–Crippen MR) is 147 cm³/mol. The van der Waals surface area contributed by atoms with Gasteiger partial charge in [0.1, 0.15) is 17.5 Å². The van der Waals surface area contributed by atoms with Crippen LogP contribution in [0, 0.1) is 24.2 Å². The maximum absolute atomic E-state index is 9.81. The Morgan fingerprint density at radius 1 is 1.00 bits per heavy atom. The van der Waals surface area contributed by atoms with Crippen molar-refractivity contribution in [3.63, 3.8) is 0 Å². The lowest BCUT2D eigenvalue weighted by Gasteiger charge is -2.28. The van der Waals surface area contributed by atoms with E-state index in [2.05, 4.69) is 71.9 Å². The molecule has 0 radical (unpaired) electrons. The van der Waals surface area contributed by atoms with E-state index in [1.54, 1.807) is 18.3 Å². The molecule has 4 aromatic rings. The van der Waals surface area contributed by atoms with E-state index < -0.39 is 0 Å². The van der Waals surface area contributed by atoms with Gasteiger partial charge in [-0.3, -0.25) is 0 Å². The molecule has 1 fully saturated rings. The molecule has 0 saturated carbocycles. The van der Waals surface area contributed by atoms with Gasteiger partial charge in [0, 0.05) is 36.1 Å². The number of benzene rings is 2. The molecule has 3 heterocycles. The van der Waals surface area contributed by atoms with Crippen molar-refractivity contribution < 1.29 is 9.84 Å². The van der Waals surface area contributed by atoms with E-state index in [1.807, 2.05) is 18.2 Å². The summed E-state index contributed by atoms with van der Waals surface area (Å²) in [4.78, 5) is 10.2. The van der Waals surface area contributed by atoms with Gasteiger partial charge in [0.15, 0.2) is 0 Å². The minimum Gasteiger partial charge on any atom is -0.507 e. The lowest BCUT2D eigenvalue weighted by atomic mass is 10.0. The van der Waals surface area contributed by atoms with Crippen LogP contribution in [0.25, 0.3) is 33.4 Å². The first-order valence-corrected chi connectivity index (χ1v) is 12.1. The maximum atomic E-state index is 9.81. The summed E-state index contributed by atoms with van der Waals surface area (Å²) < 4.78 is 5.43. The minimum atomic E-state index is -0.0123. The average molecular weight is 481 g/mol. The van der Waals surface area contributed by atoms with Gasteiger partial charge < -0.3 is 19.7 Å². The topological polar surface area (TPSA) is 85.2 Å². The van der Waals surface area contributed by atoms with Crippen molar-refractivity contribution >= 4 is 16.7 Å². The molecule has 0 atom stereocenters. The third-order valence-corrected chi connectivity index (χ3v) is 6.01. The Kier molecular flexibility index (Phi) is 9.51. The Hall–Kier alpha value is -4.26. The zero-order chi connectivity index (χ0) is 25.9. The van der Waals surface area contributed by atoms with Gasteiger partial charge >= 0.3 is 0 Å². The number of ether oxygens (including phenoxy) is 1. The first-order valence-electron chi connectivity index (χ1n) is 12.1. The normalized spacial score (nSPS) is 12.6. The van der Waals surface area contributed by atoms with Gasteiger partial charge in [-0.05, 0) is 53.1 Å². The van der Waals surface area contributed by atoms with E-state index in [9.17, 15) is 10.4 Å². The summed E-state index contributed by atoms with van der Waals surface area (Å²) >= 11 is 0. The highest BCUT2D eigenvalue weighted by atomic mass is 16.5. The van der Waals surface area contributed by atoms with Crippen LogP contribution in [0.4, 0.5) is 5.69 Å². The van der Waals surface area contributed by atoms with Crippen LogP contribution < -0.4 is 4.90 Å². The number of fused-ring (bicyclic) bond motifs is 1. The van der Waals surface area contributed by atoms with Crippen LogP contribution in [0.15, 0.2) is 60.8 Å². The fourth-order valence-corrected chi connectivity index (χ4v) is 3.90. The van der Waals surface area contributed by atoms with Gasteiger partial charge in [-0.1, -0.05) is 44.9 Å². The van der Waals surface area contributed by atoms with E-state index in [4.69, 9.17) is 4.74 Å². The highest BCUT2D eigenvalue weighted by Gasteiger charge is 2.13. The minimum absolute atomic E-state index is 0.0123. The summed E-state index contributed by atoms with van der Waals surface area (Å²) in [6.07, 6.45) is 12.4. The third kappa shape index (κ3) is 6.05. The zero-order valence-corrected chi connectivity index (χ0v) is 20.9. The summed E-state index contributed by atoms with van der Waals surface area (Å²) in [6.45, 7) is 7.72. The molecule has 0 spiro atoms. The van der Waals surface area contributed by atoms with Crippen LogP contribution in [-0.4, -0.2) is 41.4 Å². The Labute approximate surface area is 213 Å². The van der Waals surface area contributed by atoms with Crippen molar-refractivity contribution in [1.29, 1.82) is 5.26 Å². The molecule has 0 amide bonds. The van der Waals surface area contributed by atoms with Crippen molar-refractivity contribution in [3.05, 3.63) is 66.4 Å². The Morgan fingerprint density at radius 3 is 2.31 bits per heavy atom. The summed E-state index contributed by atoms with van der Waals surface area (Å²) in [5.41, 5.74) is 6.13. The Morgan fingerprint density at radius 2 is 1.67 bits per heavy atom. The molecule has 6 nitrogen and oxygen atoms in total. The van der Waals surface area contributed by atoms with E-state index >= 15 is 0 Å². The quantitative estimate of drug-likeness (QED) is 0.332. The number of aromatic amines is 1. The third-order valence-electron chi connectivity index (χ3n) is 6.01. The van der Waals surface area contributed by atoms with Crippen molar-refractivity contribution in [2.75, 3.05) is 31.2 Å². The monoisotopic (exact) mass is 480 g/mol. The van der Waals surface area contributed by atoms with Crippen LogP contribution >= 0.6 is 0 Å². The number of nitrogens with zero attached hydrogens (tertiary/aromatic N) is 3. The number of unbranched alkanes of at least 4 members (excludes halogenated alkanes) is 1. The van der Waals surface area contributed by atoms with Gasteiger partial charge in [-0.2, -0.15) is 5.26 Å². The summed E-state index contributed by atoms with van der Waals surface area (Å²) in [5, 5.41) is 20.0. The largest absolute Gasteiger partial charge is 0.507 e. The molecule has 1 saturated heterocycles. The second-order valence-electron chi connectivity index (χ2n) is 8.29. The van der Waals surface area contributed by atoms with Gasteiger partial charge in [0.05, 0.1) is 18.8 Å². The number of hydrogen-bond donors (Lipinski definition) is 2. The van der Waals surface area contributed by atoms with Gasteiger partial charge in [-0.25, -0.2) is 4.98 Å². The summed E-state index contributed by atoms with van der Waals surface area (Å²) in [7, 11) is 0. The number of rotatable bonds is 4. The number of anilines is 1. The molecule has 0 aliphatic carbocycles. The summed E-state index contributed by atoms with van der Waals surface area (Å²) in [5.74, 6) is -0.0123. The van der Waals surface area contributed by atoms with Crippen LogP contribution in [0.5, 0.6) is 5.75 Å². The molecule has 36 heavy (non-hydrogen) atoms. The molecule has 1 aliphatic rings. The van der Waals surface area contributed by atoms with Crippen LogP contribution in [0.2, 0.25) is 0 Å². The lowest BCUT2D eigenvalue weighted by molar-refractivity contribution is 0.122.